The lowest BCUT2D eigenvalue weighted by molar-refractivity contribution is -0.154. The van der Waals surface area contributed by atoms with E-state index in [1.807, 2.05) is 0 Å². The number of ether oxygens (including phenoxy) is 1. The summed E-state index contributed by atoms with van der Waals surface area (Å²) in [5, 5.41) is 11.4. The first-order valence-electron chi connectivity index (χ1n) is 4.71. The molecule has 1 fully saturated rings. The first-order chi connectivity index (χ1) is 7.50. The van der Waals surface area contributed by atoms with E-state index in [1.54, 1.807) is 0 Å². The minimum absolute atomic E-state index is 0.0654. The molecule has 2 N–H and O–H groups in total. The minimum Gasteiger partial charge on any atom is -0.479 e. The van der Waals surface area contributed by atoms with E-state index in [0.717, 1.165) is 0 Å². The summed E-state index contributed by atoms with van der Waals surface area (Å²) in [4.78, 5) is 23.7. The highest BCUT2D eigenvalue weighted by molar-refractivity contribution is 9.11. The monoisotopic (exact) mass is 292 g/mol. The van der Waals surface area contributed by atoms with E-state index in [0.29, 0.717) is 17.6 Å². The fourth-order valence-electron chi connectivity index (χ4n) is 1.27. The summed E-state index contributed by atoms with van der Waals surface area (Å²) in [5.74, 6) is -1.05. The van der Waals surface area contributed by atoms with Gasteiger partial charge in [-0.25, -0.2) is 9.59 Å². The fraction of sp³-hybridized carbons (Fsp3) is 0.556. The third-order valence-electron chi connectivity index (χ3n) is 2.06. The van der Waals surface area contributed by atoms with Crippen LogP contribution in [0.25, 0.3) is 0 Å². The second kappa shape index (κ2) is 5.86. The van der Waals surface area contributed by atoms with Crippen LogP contribution in [-0.2, 0) is 9.53 Å². The van der Waals surface area contributed by atoms with Gasteiger partial charge in [0.1, 0.15) is 0 Å². The van der Waals surface area contributed by atoms with Crippen LogP contribution in [0.2, 0.25) is 0 Å². The number of rotatable bonds is 3. The van der Waals surface area contributed by atoms with Crippen molar-refractivity contribution in [3.63, 3.8) is 0 Å². The number of halogens is 1. The maximum atomic E-state index is 11.6. The number of nitrogens with one attached hydrogen (secondary N) is 1. The maximum Gasteiger partial charge on any atom is 0.334 e. The summed E-state index contributed by atoms with van der Waals surface area (Å²) in [6, 6.07) is -0.310. The van der Waals surface area contributed by atoms with Gasteiger partial charge in [0, 0.05) is 11.0 Å². The molecule has 1 unspecified atom stereocenters. The second-order valence-electron chi connectivity index (χ2n) is 3.32. The Morgan fingerprint density at radius 2 is 2.31 bits per heavy atom. The van der Waals surface area contributed by atoms with Gasteiger partial charge in [-0.3, -0.25) is 0 Å². The summed E-state index contributed by atoms with van der Waals surface area (Å²) in [7, 11) is 0. The Labute approximate surface area is 101 Å². The zero-order valence-corrected chi connectivity index (χ0v) is 10.2. The van der Waals surface area contributed by atoms with E-state index in [1.165, 1.54) is 4.90 Å². The van der Waals surface area contributed by atoms with Crippen LogP contribution >= 0.6 is 15.9 Å². The van der Waals surface area contributed by atoms with Crippen LogP contribution in [0.3, 0.4) is 0 Å². The number of carbonyl (C=O) groups excluding carboxylic acids is 1. The molecule has 0 saturated carbocycles. The predicted molar refractivity (Wildman–Crippen MR) is 60.4 cm³/mol. The van der Waals surface area contributed by atoms with E-state index in [4.69, 9.17) is 9.84 Å². The average Bonchev–Trinajstić information content (AvgIpc) is 2.26. The number of urea groups is 1. The van der Waals surface area contributed by atoms with Crippen LogP contribution in [0.15, 0.2) is 11.1 Å². The normalized spacial score (nSPS) is 20.3. The summed E-state index contributed by atoms with van der Waals surface area (Å²) in [5.41, 5.74) is 0. The van der Waals surface area contributed by atoms with Crippen molar-refractivity contribution >= 4 is 27.9 Å². The van der Waals surface area contributed by atoms with Crippen LogP contribution in [0.4, 0.5) is 4.79 Å². The Balaban J connectivity index is 2.43. The van der Waals surface area contributed by atoms with Crippen LogP contribution in [0.5, 0.6) is 0 Å². The molecule has 1 heterocycles. The molecule has 1 aliphatic rings. The third-order valence-corrected chi connectivity index (χ3v) is 2.34. The topological polar surface area (TPSA) is 78.9 Å². The number of carboxylic acids is 1. The van der Waals surface area contributed by atoms with Crippen molar-refractivity contribution in [1.82, 2.24) is 10.2 Å². The lowest BCUT2D eigenvalue weighted by Gasteiger charge is -2.30. The largest absolute Gasteiger partial charge is 0.479 e. The SMILES string of the molecule is C=C(Br)CNC(=O)N1CCOC(C(=O)O)C1. The Morgan fingerprint density at radius 1 is 1.62 bits per heavy atom. The third kappa shape index (κ3) is 3.82. The standard InChI is InChI=1S/C9H13BrN2O4/c1-6(10)4-11-9(15)12-2-3-16-7(5-12)8(13)14/h7H,1-5H2,(H,11,15)(H,13,14). The van der Waals surface area contributed by atoms with Crippen LogP contribution < -0.4 is 5.32 Å². The molecule has 0 aromatic heterocycles. The Bertz CT molecular complexity index is 308. The van der Waals surface area contributed by atoms with Crippen molar-refractivity contribution in [3.05, 3.63) is 11.1 Å². The first kappa shape index (κ1) is 13.0. The number of hydrogen-bond donors (Lipinski definition) is 2. The van der Waals surface area contributed by atoms with Gasteiger partial charge in [0.2, 0.25) is 0 Å². The molecular weight excluding hydrogens is 280 g/mol. The lowest BCUT2D eigenvalue weighted by atomic mass is 10.3. The van der Waals surface area contributed by atoms with Gasteiger partial charge in [0.15, 0.2) is 6.10 Å². The smallest absolute Gasteiger partial charge is 0.334 e. The van der Waals surface area contributed by atoms with Gasteiger partial charge in [-0.1, -0.05) is 22.5 Å². The molecule has 1 saturated heterocycles. The van der Waals surface area contributed by atoms with Gasteiger partial charge in [-0.2, -0.15) is 0 Å². The molecule has 0 aromatic rings. The van der Waals surface area contributed by atoms with Crippen molar-refractivity contribution in [3.8, 4) is 0 Å². The van der Waals surface area contributed by atoms with E-state index in [9.17, 15) is 9.59 Å². The van der Waals surface area contributed by atoms with Gasteiger partial charge in [-0.05, 0) is 0 Å². The van der Waals surface area contributed by atoms with Crippen molar-refractivity contribution in [2.75, 3.05) is 26.2 Å². The molecule has 1 rings (SSSR count). The summed E-state index contributed by atoms with van der Waals surface area (Å²) >= 11 is 3.12. The number of nitrogens with zero attached hydrogens (tertiary/aromatic N) is 1. The van der Waals surface area contributed by atoms with Gasteiger partial charge in [-0.15, -0.1) is 0 Å². The predicted octanol–water partition coefficient (Wildman–Crippen LogP) is 0.390. The molecule has 0 bridgehead atoms. The molecule has 16 heavy (non-hydrogen) atoms. The number of carboxylic acid groups (broad SMARTS) is 1. The lowest BCUT2D eigenvalue weighted by Crippen LogP contribution is -2.51. The fourth-order valence-corrected chi connectivity index (χ4v) is 1.41. The number of morpholine rings is 1. The second-order valence-corrected chi connectivity index (χ2v) is 4.44. The first-order valence-corrected chi connectivity index (χ1v) is 5.50. The quantitative estimate of drug-likeness (QED) is 0.789. The number of amides is 2. The Hall–Kier alpha value is -1.08. The van der Waals surface area contributed by atoms with Gasteiger partial charge >= 0.3 is 12.0 Å². The van der Waals surface area contributed by atoms with E-state index in [-0.39, 0.29) is 19.2 Å². The molecule has 0 spiro atoms. The highest BCUT2D eigenvalue weighted by atomic mass is 79.9. The van der Waals surface area contributed by atoms with Crippen molar-refractivity contribution in [2.45, 2.75) is 6.10 Å². The van der Waals surface area contributed by atoms with E-state index >= 15 is 0 Å². The molecule has 0 aliphatic carbocycles. The van der Waals surface area contributed by atoms with E-state index < -0.39 is 12.1 Å². The van der Waals surface area contributed by atoms with Gasteiger partial charge in [0.25, 0.3) is 0 Å². The molecule has 7 heteroatoms. The molecule has 6 nitrogen and oxygen atoms in total. The molecule has 0 aromatic carbocycles. The number of aliphatic carboxylic acids is 1. The summed E-state index contributed by atoms with van der Waals surface area (Å²) < 4.78 is 5.65. The van der Waals surface area contributed by atoms with Crippen LogP contribution in [-0.4, -0.2) is 54.4 Å². The average molecular weight is 293 g/mol. The minimum atomic E-state index is -1.05. The molecule has 90 valence electrons. The van der Waals surface area contributed by atoms with Crippen LogP contribution in [0, 0.1) is 0 Å². The number of hydrogen-bond acceptors (Lipinski definition) is 3. The van der Waals surface area contributed by atoms with Crippen molar-refractivity contribution in [2.24, 2.45) is 0 Å². The zero-order valence-electron chi connectivity index (χ0n) is 8.61. The molecule has 1 aliphatic heterocycles. The van der Waals surface area contributed by atoms with Crippen molar-refractivity contribution in [1.29, 1.82) is 0 Å². The molecular formula is C9H13BrN2O4. The molecule has 0 radical (unpaired) electrons. The highest BCUT2D eigenvalue weighted by Crippen LogP contribution is 2.06. The van der Waals surface area contributed by atoms with E-state index in [2.05, 4.69) is 27.8 Å². The van der Waals surface area contributed by atoms with Gasteiger partial charge in [0.05, 0.1) is 19.7 Å². The van der Waals surface area contributed by atoms with Crippen LogP contribution in [0.1, 0.15) is 0 Å². The Morgan fingerprint density at radius 3 is 2.88 bits per heavy atom. The maximum absolute atomic E-state index is 11.6. The summed E-state index contributed by atoms with van der Waals surface area (Å²) in [6.45, 7) is 4.59. The Kier molecular flexibility index (Phi) is 4.75. The zero-order chi connectivity index (χ0) is 12.1. The highest BCUT2D eigenvalue weighted by Gasteiger charge is 2.28. The number of carbonyl (C=O) groups is 2. The van der Waals surface area contributed by atoms with Crippen molar-refractivity contribution < 1.29 is 19.4 Å². The molecule has 2 amide bonds. The van der Waals surface area contributed by atoms with Gasteiger partial charge < -0.3 is 20.1 Å². The molecule has 1 atom stereocenters. The summed E-state index contributed by atoms with van der Waals surface area (Å²) in [6.07, 6.45) is -0.938.